The van der Waals surface area contributed by atoms with Crippen LogP contribution in [0.4, 0.5) is 8.78 Å². The number of aromatic nitrogens is 4. The van der Waals surface area contributed by atoms with Crippen LogP contribution in [0, 0.1) is 11.6 Å². The maximum Gasteiger partial charge on any atom is 0.350 e. The van der Waals surface area contributed by atoms with Crippen LogP contribution in [-0.2, 0) is 6.54 Å². The first kappa shape index (κ1) is 13.1. The first-order chi connectivity index (χ1) is 10.1. The highest BCUT2D eigenvalue weighted by atomic mass is 19.2. The van der Waals surface area contributed by atoms with Gasteiger partial charge in [0, 0.05) is 18.0 Å². The molecule has 0 N–H and O–H groups in total. The number of carbonyl (C=O) groups excluding carboxylic acids is 1. The average Bonchev–Trinajstić information content (AvgIpc) is 2.79. The smallest absolute Gasteiger partial charge is 0.292 e. The summed E-state index contributed by atoms with van der Waals surface area (Å²) in [6.45, 7) is -0.369. The third-order valence-corrected chi connectivity index (χ3v) is 2.92. The van der Waals surface area contributed by atoms with Gasteiger partial charge in [0.15, 0.2) is 23.1 Å². The molecule has 2 aromatic heterocycles. The highest BCUT2D eigenvalue weighted by molar-refractivity contribution is 5.95. The van der Waals surface area contributed by atoms with E-state index >= 15 is 0 Å². The van der Waals surface area contributed by atoms with E-state index in [0.29, 0.717) is 5.65 Å². The van der Waals surface area contributed by atoms with Gasteiger partial charge < -0.3 is 0 Å². The van der Waals surface area contributed by atoms with Crippen LogP contribution in [0.3, 0.4) is 0 Å². The van der Waals surface area contributed by atoms with Crippen LogP contribution < -0.4 is 5.69 Å². The van der Waals surface area contributed by atoms with Gasteiger partial charge in [-0.2, -0.15) is 0 Å². The molecule has 1 aromatic carbocycles. The number of benzene rings is 1. The van der Waals surface area contributed by atoms with E-state index in [4.69, 9.17) is 0 Å². The normalized spacial score (nSPS) is 11.0. The first-order valence-corrected chi connectivity index (χ1v) is 5.94. The van der Waals surface area contributed by atoms with E-state index in [9.17, 15) is 18.4 Å². The van der Waals surface area contributed by atoms with Crippen molar-refractivity contribution in [1.29, 1.82) is 0 Å². The van der Waals surface area contributed by atoms with Gasteiger partial charge >= 0.3 is 5.69 Å². The van der Waals surface area contributed by atoms with Crippen LogP contribution in [0.25, 0.3) is 5.65 Å². The second-order valence-corrected chi connectivity index (χ2v) is 4.30. The average molecular weight is 290 g/mol. The number of halogens is 2. The van der Waals surface area contributed by atoms with Crippen molar-refractivity contribution >= 4 is 11.4 Å². The summed E-state index contributed by atoms with van der Waals surface area (Å²) in [4.78, 5) is 27.8. The summed E-state index contributed by atoms with van der Waals surface area (Å²) >= 11 is 0. The molecule has 0 atom stereocenters. The number of rotatable bonds is 3. The predicted molar refractivity (Wildman–Crippen MR) is 67.9 cm³/mol. The van der Waals surface area contributed by atoms with Crippen molar-refractivity contribution in [3.8, 4) is 0 Å². The van der Waals surface area contributed by atoms with Gasteiger partial charge in [-0.1, -0.05) is 0 Å². The fourth-order valence-corrected chi connectivity index (χ4v) is 1.88. The van der Waals surface area contributed by atoms with Gasteiger partial charge in [0.2, 0.25) is 0 Å². The van der Waals surface area contributed by atoms with Crippen LogP contribution in [0.2, 0.25) is 0 Å². The Bertz CT molecular complexity index is 901. The Labute approximate surface area is 116 Å². The number of carbonyl (C=O) groups is 1. The van der Waals surface area contributed by atoms with E-state index in [1.165, 1.54) is 23.0 Å². The number of Topliss-reactive ketones (excluding diaryl/α,β-unsaturated/α-hetero) is 1. The molecule has 0 bridgehead atoms. The standard InChI is InChI=1S/C13H8F2N4O2/c14-9-2-1-8(5-10(9)15)11(20)7-19-13(21)18-4-3-16-6-12(18)17-19/h1-6H,7H2. The monoisotopic (exact) mass is 290 g/mol. The molecule has 0 amide bonds. The van der Waals surface area contributed by atoms with Crippen molar-refractivity contribution < 1.29 is 13.6 Å². The lowest BCUT2D eigenvalue weighted by molar-refractivity contribution is 0.0965. The number of ketones is 1. The summed E-state index contributed by atoms with van der Waals surface area (Å²) in [5.41, 5.74) is -0.250. The topological polar surface area (TPSA) is 69.3 Å². The summed E-state index contributed by atoms with van der Waals surface area (Å²) in [6.07, 6.45) is 4.21. The molecule has 0 saturated carbocycles. The lowest BCUT2D eigenvalue weighted by atomic mass is 10.1. The third kappa shape index (κ3) is 2.31. The highest BCUT2D eigenvalue weighted by Gasteiger charge is 2.14. The van der Waals surface area contributed by atoms with Crippen molar-refractivity contribution in [2.75, 3.05) is 0 Å². The Kier molecular flexibility index (Phi) is 3.05. The lowest BCUT2D eigenvalue weighted by Crippen LogP contribution is -2.25. The van der Waals surface area contributed by atoms with E-state index < -0.39 is 23.1 Å². The molecule has 3 aromatic rings. The zero-order valence-electron chi connectivity index (χ0n) is 10.5. The Morgan fingerprint density at radius 3 is 2.76 bits per heavy atom. The van der Waals surface area contributed by atoms with Gasteiger partial charge in [-0.25, -0.2) is 22.7 Å². The molecule has 0 spiro atoms. The molecule has 0 unspecified atom stereocenters. The predicted octanol–water partition coefficient (Wildman–Crippen LogP) is 1.05. The van der Waals surface area contributed by atoms with Gasteiger partial charge in [0.25, 0.3) is 0 Å². The van der Waals surface area contributed by atoms with Crippen LogP contribution in [-0.4, -0.2) is 24.9 Å². The van der Waals surface area contributed by atoms with Gasteiger partial charge in [0.1, 0.15) is 6.54 Å². The van der Waals surface area contributed by atoms with Gasteiger partial charge in [-0.05, 0) is 18.2 Å². The van der Waals surface area contributed by atoms with Crippen LogP contribution >= 0.6 is 0 Å². The van der Waals surface area contributed by atoms with E-state index in [-0.39, 0.29) is 12.1 Å². The number of nitrogens with zero attached hydrogens (tertiary/aromatic N) is 4. The summed E-state index contributed by atoms with van der Waals surface area (Å²) in [6, 6.07) is 2.81. The highest BCUT2D eigenvalue weighted by Crippen LogP contribution is 2.09. The SMILES string of the molecule is O=C(Cn1nc2cnccn2c1=O)c1ccc(F)c(F)c1. The summed E-state index contributed by atoms with van der Waals surface area (Å²) < 4.78 is 28.1. The second-order valence-electron chi connectivity index (χ2n) is 4.30. The molecule has 2 heterocycles. The number of hydrogen-bond donors (Lipinski definition) is 0. The maximum absolute atomic E-state index is 13.1. The molecule has 106 valence electrons. The molecule has 6 nitrogen and oxygen atoms in total. The Morgan fingerprint density at radius 1 is 1.24 bits per heavy atom. The van der Waals surface area contributed by atoms with Crippen molar-refractivity contribution in [2.24, 2.45) is 0 Å². The molecule has 0 aliphatic rings. The molecule has 3 rings (SSSR count). The third-order valence-electron chi connectivity index (χ3n) is 2.92. The second kappa shape index (κ2) is 4.89. The van der Waals surface area contributed by atoms with Crippen LogP contribution in [0.5, 0.6) is 0 Å². The minimum Gasteiger partial charge on any atom is -0.292 e. The molecular weight excluding hydrogens is 282 g/mol. The molecule has 0 aliphatic carbocycles. The van der Waals surface area contributed by atoms with Crippen molar-refractivity contribution in [2.45, 2.75) is 6.54 Å². The van der Waals surface area contributed by atoms with E-state index in [1.54, 1.807) is 0 Å². The summed E-state index contributed by atoms with van der Waals surface area (Å²) in [5.74, 6) is -2.71. The van der Waals surface area contributed by atoms with Crippen molar-refractivity contribution in [3.63, 3.8) is 0 Å². The zero-order valence-corrected chi connectivity index (χ0v) is 10.5. The van der Waals surface area contributed by atoms with E-state index in [0.717, 1.165) is 22.9 Å². The Balaban J connectivity index is 1.94. The van der Waals surface area contributed by atoms with Gasteiger partial charge in [-0.15, -0.1) is 5.10 Å². The zero-order chi connectivity index (χ0) is 15.0. The maximum atomic E-state index is 13.1. The molecule has 0 aliphatic heterocycles. The summed E-state index contributed by atoms with van der Waals surface area (Å²) in [7, 11) is 0. The first-order valence-electron chi connectivity index (χ1n) is 5.94. The lowest BCUT2D eigenvalue weighted by Gasteiger charge is -2.01. The van der Waals surface area contributed by atoms with Crippen molar-refractivity contribution in [3.05, 3.63) is 64.5 Å². The van der Waals surface area contributed by atoms with Crippen LogP contribution in [0.15, 0.2) is 41.6 Å². The summed E-state index contributed by atoms with van der Waals surface area (Å²) in [5, 5.41) is 3.93. The fraction of sp³-hybridized carbons (Fsp3) is 0.0769. The van der Waals surface area contributed by atoms with Crippen LogP contribution in [0.1, 0.15) is 10.4 Å². The molecular formula is C13H8F2N4O2. The molecule has 0 saturated heterocycles. The largest absolute Gasteiger partial charge is 0.350 e. The number of fused-ring (bicyclic) bond motifs is 1. The Hall–Kier alpha value is -2.90. The quantitative estimate of drug-likeness (QED) is 0.676. The minimum absolute atomic E-state index is 0.0315. The molecule has 8 heteroatoms. The van der Waals surface area contributed by atoms with E-state index in [2.05, 4.69) is 10.1 Å². The van der Waals surface area contributed by atoms with Gasteiger partial charge in [-0.3, -0.25) is 9.78 Å². The van der Waals surface area contributed by atoms with Crippen molar-refractivity contribution in [1.82, 2.24) is 19.2 Å². The fourth-order valence-electron chi connectivity index (χ4n) is 1.88. The molecule has 0 radical (unpaired) electrons. The minimum atomic E-state index is -1.12. The molecule has 0 fully saturated rings. The Morgan fingerprint density at radius 2 is 2.05 bits per heavy atom. The van der Waals surface area contributed by atoms with Gasteiger partial charge in [0.05, 0.1) is 6.20 Å². The van der Waals surface area contributed by atoms with E-state index in [1.807, 2.05) is 0 Å². The number of hydrogen-bond acceptors (Lipinski definition) is 4. The molecule has 21 heavy (non-hydrogen) atoms.